The Labute approximate surface area is 192 Å². The molecule has 0 saturated heterocycles. The second kappa shape index (κ2) is 9.46. The van der Waals surface area contributed by atoms with E-state index in [1.807, 2.05) is 26.0 Å². The molecule has 2 amide bonds. The van der Waals surface area contributed by atoms with Gasteiger partial charge in [-0.3, -0.25) is 20.4 Å². The predicted molar refractivity (Wildman–Crippen MR) is 123 cm³/mol. The number of nitrogens with zero attached hydrogens (tertiary/aromatic N) is 2. The molecule has 6 nitrogen and oxygen atoms in total. The maximum Gasteiger partial charge on any atom is 0.270 e. The molecule has 2 N–H and O–H groups in total. The van der Waals surface area contributed by atoms with Gasteiger partial charge in [-0.2, -0.15) is 0 Å². The maximum atomic E-state index is 13.0. The Bertz CT molecular complexity index is 1310. The number of amides is 2. The largest absolute Gasteiger partial charge is 0.273 e. The molecule has 0 aliphatic heterocycles. The Morgan fingerprint density at radius 3 is 2.56 bits per heavy atom. The number of benzene rings is 2. The molecule has 2 aromatic heterocycles. The van der Waals surface area contributed by atoms with Crippen LogP contribution >= 0.6 is 23.1 Å². The van der Waals surface area contributed by atoms with Gasteiger partial charge in [-0.25, -0.2) is 14.4 Å². The van der Waals surface area contributed by atoms with Gasteiger partial charge in [0.1, 0.15) is 22.0 Å². The number of thiophene rings is 1. The average molecular weight is 467 g/mol. The van der Waals surface area contributed by atoms with Crippen molar-refractivity contribution in [3.8, 4) is 0 Å². The van der Waals surface area contributed by atoms with Gasteiger partial charge < -0.3 is 0 Å². The lowest BCUT2D eigenvalue weighted by Crippen LogP contribution is -2.42. The molecule has 2 aromatic carbocycles. The van der Waals surface area contributed by atoms with Crippen LogP contribution in [0.3, 0.4) is 0 Å². The molecule has 32 heavy (non-hydrogen) atoms. The Balaban J connectivity index is 1.48. The van der Waals surface area contributed by atoms with Gasteiger partial charge in [0.15, 0.2) is 0 Å². The van der Waals surface area contributed by atoms with Crippen molar-refractivity contribution in [3.63, 3.8) is 0 Å². The lowest BCUT2D eigenvalue weighted by molar-refractivity contribution is -0.121. The van der Waals surface area contributed by atoms with Crippen LogP contribution in [0.15, 0.2) is 64.8 Å². The average Bonchev–Trinajstić information content (AvgIpc) is 3.08. The van der Waals surface area contributed by atoms with Crippen molar-refractivity contribution in [3.05, 3.63) is 82.2 Å². The van der Waals surface area contributed by atoms with E-state index < -0.39 is 11.8 Å². The van der Waals surface area contributed by atoms with Crippen molar-refractivity contribution in [1.82, 2.24) is 20.8 Å². The molecule has 0 bridgehead atoms. The predicted octanol–water partition coefficient (Wildman–Crippen LogP) is 4.60. The molecule has 0 fully saturated rings. The summed E-state index contributed by atoms with van der Waals surface area (Å²) in [7, 11) is 0. The second-order valence-corrected chi connectivity index (χ2v) is 9.28. The van der Waals surface area contributed by atoms with Crippen molar-refractivity contribution in [2.75, 3.05) is 0 Å². The monoisotopic (exact) mass is 466 g/mol. The SMILES string of the molecule is Cc1sc2ncnc(Sc3ccccc3C(=O)NNC(=O)Cc3ccc(F)cc3)c2c1C. The minimum Gasteiger partial charge on any atom is -0.273 e. The highest BCUT2D eigenvalue weighted by Crippen LogP contribution is 2.38. The van der Waals surface area contributed by atoms with E-state index in [9.17, 15) is 14.0 Å². The number of rotatable bonds is 5. The Kier molecular flexibility index (Phi) is 6.48. The number of hydrogen-bond donors (Lipinski definition) is 2. The molecule has 162 valence electrons. The van der Waals surface area contributed by atoms with Crippen LogP contribution in [0.4, 0.5) is 4.39 Å². The highest BCUT2D eigenvalue weighted by Gasteiger charge is 2.17. The highest BCUT2D eigenvalue weighted by atomic mass is 32.2. The van der Waals surface area contributed by atoms with Gasteiger partial charge in [-0.15, -0.1) is 11.3 Å². The van der Waals surface area contributed by atoms with Crippen molar-refractivity contribution in [1.29, 1.82) is 0 Å². The van der Waals surface area contributed by atoms with Gasteiger partial charge in [0, 0.05) is 15.2 Å². The number of carbonyl (C=O) groups is 2. The number of nitrogens with one attached hydrogen (secondary N) is 2. The summed E-state index contributed by atoms with van der Waals surface area (Å²) in [6, 6.07) is 12.8. The first-order valence-electron chi connectivity index (χ1n) is 9.73. The second-order valence-electron chi connectivity index (χ2n) is 7.05. The van der Waals surface area contributed by atoms with Crippen LogP contribution in [0, 0.1) is 19.7 Å². The van der Waals surface area contributed by atoms with E-state index in [2.05, 4.69) is 20.8 Å². The number of carbonyl (C=O) groups excluding carboxylic acids is 2. The van der Waals surface area contributed by atoms with Crippen molar-refractivity contribution in [2.24, 2.45) is 0 Å². The number of aryl methyl sites for hydroxylation is 2. The maximum absolute atomic E-state index is 13.0. The fraction of sp³-hybridized carbons (Fsp3) is 0.130. The van der Waals surface area contributed by atoms with Crippen LogP contribution in [0.1, 0.15) is 26.4 Å². The Morgan fingerprint density at radius 2 is 1.78 bits per heavy atom. The molecule has 0 saturated carbocycles. The zero-order valence-corrected chi connectivity index (χ0v) is 18.9. The molecule has 0 unspecified atom stereocenters. The molecule has 0 aliphatic carbocycles. The Hall–Kier alpha value is -3.30. The molecule has 9 heteroatoms. The van der Waals surface area contributed by atoms with Crippen molar-refractivity contribution < 1.29 is 14.0 Å². The molecule has 4 rings (SSSR count). The number of hydrazine groups is 1. The van der Waals surface area contributed by atoms with Crippen LogP contribution in [0.2, 0.25) is 0 Å². The third-order valence-corrected chi connectivity index (χ3v) is 7.06. The normalized spacial score (nSPS) is 10.8. The zero-order valence-electron chi connectivity index (χ0n) is 17.3. The summed E-state index contributed by atoms with van der Waals surface area (Å²) in [4.78, 5) is 36.5. The number of hydrogen-bond acceptors (Lipinski definition) is 6. The van der Waals surface area contributed by atoms with Crippen LogP contribution in [0.5, 0.6) is 0 Å². The standard InChI is InChI=1S/C23H19FN4O2S2/c1-13-14(2)31-22-20(13)23(26-12-25-22)32-18-6-4-3-5-17(18)21(30)28-27-19(29)11-15-7-9-16(24)10-8-15/h3-10,12H,11H2,1-2H3,(H,27,29)(H,28,30). The van der Waals surface area contributed by atoms with E-state index in [1.165, 1.54) is 47.2 Å². The number of fused-ring (bicyclic) bond motifs is 1. The Morgan fingerprint density at radius 1 is 1.03 bits per heavy atom. The fourth-order valence-corrected chi connectivity index (χ4v) is 5.24. The summed E-state index contributed by atoms with van der Waals surface area (Å²) in [6.45, 7) is 4.09. The van der Waals surface area contributed by atoms with E-state index in [-0.39, 0.29) is 12.2 Å². The zero-order chi connectivity index (χ0) is 22.7. The molecular formula is C23H19FN4O2S2. The topological polar surface area (TPSA) is 84.0 Å². The third-order valence-electron chi connectivity index (χ3n) is 4.86. The fourth-order valence-electron chi connectivity index (χ4n) is 3.10. The minimum atomic E-state index is -0.441. The van der Waals surface area contributed by atoms with Crippen LogP contribution in [-0.2, 0) is 11.2 Å². The first kappa shape index (κ1) is 21.9. The lowest BCUT2D eigenvalue weighted by atomic mass is 10.1. The summed E-state index contributed by atoms with van der Waals surface area (Å²) < 4.78 is 13.0. The van der Waals surface area contributed by atoms with Gasteiger partial charge in [0.05, 0.1) is 12.0 Å². The minimum absolute atomic E-state index is 0.0205. The summed E-state index contributed by atoms with van der Waals surface area (Å²) in [5, 5.41) is 1.76. The quantitative estimate of drug-likeness (QED) is 0.332. The molecule has 4 aromatic rings. The van der Waals surface area contributed by atoms with Gasteiger partial charge >= 0.3 is 0 Å². The number of halogens is 1. The van der Waals surface area contributed by atoms with E-state index in [4.69, 9.17) is 0 Å². The van der Waals surface area contributed by atoms with Crippen LogP contribution < -0.4 is 10.9 Å². The molecule has 0 radical (unpaired) electrons. The summed E-state index contributed by atoms with van der Waals surface area (Å²) >= 11 is 3.00. The molecule has 2 heterocycles. The summed E-state index contributed by atoms with van der Waals surface area (Å²) in [5.74, 6) is -1.22. The van der Waals surface area contributed by atoms with E-state index in [1.54, 1.807) is 23.5 Å². The van der Waals surface area contributed by atoms with Crippen molar-refractivity contribution in [2.45, 2.75) is 30.2 Å². The summed E-state index contributed by atoms with van der Waals surface area (Å²) in [6.07, 6.45) is 1.55. The van der Waals surface area contributed by atoms with Crippen molar-refractivity contribution >= 4 is 45.1 Å². The van der Waals surface area contributed by atoms with E-state index in [0.29, 0.717) is 16.0 Å². The van der Waals surface area contributed by atoms with E-state index in [0.717, 1.165) is 20.8 Å². The van der Waals surface area contributed by atoms with Gasteiger partial charge in [0.25, 0.3) is 5.91 Å². The third kappa shape index (κ3) is 4.79. The van der Waals surface area contributed by atoms with E-state index >= 15 is 0 Å². The first-order chi connectivity index (χ1) is 15.4. The lowest BCUT2D eigenvalue weighted by Gasteiger charge is -2.11. The first-order valence-corrected chi connectivity index (χ1v) is 11.4. The smallest absolute Gasteiger partial charge is 0.270 e. The van der Waals surface area contributed by atoms with Gasteiger partial charge in [0.2, 0.25) is 5.91 Å². The molecule has 0 atom stereocenters. The highest BCUT2D eigenvalue weighted by molar-refractivity contribution is 7.99. The van der Waals surface area contributed by atoms with Gasteiger partial charge in [-0.05, 0) is 49.2 Å². The number of aromatic nitrogens is 2. The van der Waals surface area contributed by atoms with Crippen LogP contribution in [-0.4, -0.2) is 21.8 Å². The molecule has 0 spiro atoms. The molecule has 0 aliphatic rings. The summed E-state index contributed by atoms with van der Waals surface area (Å²) in [5.41, 5.74) is 7.05. The molecular weight excluding hydrogens is 447 g/mol. The van der Waals surface area contributed by atoms with Gasteiger partial charge in [-0.1, -0.05) is 36.0 Å². The van der Waals surface area contributed by atoms with Crippen LogP contribution in [0.25, 0.3) is 10.2 Å².